The second-order valence-electron chi connectivity index (χ2n) is 1.98. The molecule has 4 heteroatoms. The van der Waals surface area contributed by atoms with Crippen LogP contribution < -0.4 is 0 Å². The number of aliphatic hydroxyl groups is 1. The lowest BCUT2D eigenvalue weighted by atomic mass is 10.4. The van der Waals surface area contributed by atoms with Crippen molar-refractivity contribution in [1.29, 1.82) is 0 Å². The Morgan fingerprint density at radius 1 is 1.70 bits per heavy atom. The van der Waals surface area contributed by atoms with Gasteiger partial charge in [0, 0.05) is 17.7 Å². The van der Waals surface area contributed by atoms with Gasteiger partial charge >= 0.3 is 0 Å². The Labute approximate surface area is 67.8 Å². The second-order valence-corrected chi connectivity index (χ2v) is 2.62. The maximum absolute atomic E-state index is 8.81. The third-order valence-corrected chi connectivity index (χ3v) is 2.04. The highest BCUT2D eigenvalue weighted by atomic mass is 79.9. The number of rotatable bonds is 3. The molecule has 0 spiro atoms. The van der Waals surface area contributed by atoms with Crippen LogP contribution in [0.2, 0.25) is 0 Å². The van der Waals surface area contributed by atoms with Gasteiger partial charge in [0.15, 0.2) is 0 Å². The van der Waals surface area contributed by atoms with Gasteiger partial charge in [0.05, 0.1) is 12.6 Å². The van der Waals surface area contributed by atoms with Gasteiger partial charge in [0.1, 0.15) is 0 Å². The highest BCUT2D eigenvalue weighted by Gasteiger charge is 2.05. The van der Waals surface area contributed by atoms with Crippen molar-refractivity contribution in [3.63, 3.8) is 0 Å². The molecule has 0 saturated heterocycles. The monoisotopic (exact) mass is 204 g/mol. The molecule has 56 valence electrons. The Balaban J connectivity index is 2.64. The van der Waals surface area contributed by atoms with Crippen LogP contribution in [-0.2, 0) is 0 Å². The highest BCUT2D eigenvalue weighted by Crippen LogP contribution is 2.05. The Morgan fingerprint density at radius 3 is 2.90 bits per heavy atom. The van der Waals surface area contributed by atoms with Crippen LogP contribution in [0.1, 0.15) is 6.04 Å². The fraction of sp³-hybridized carbons (Fsp3) is 0.500. The van der Waals surface area contributed by atoms with E-state index in [0.717, 1.165) is 5.33 Å². The molecular formula is C6H9BrN2O. The summed E-state index contributed by atoms with van der Waals surface area (Å²) in [5.41, 5.74) is 0. The molecule has 0 aliphatic carbocycles. The zero-order valence-electron chi connectivity index (χ0n) is 5.44. The largest absolute Gasteiger partial charge is 0.394 e. The van der Waals surface area contributed by atoms with Gasteiger partial charge in [-0.1, -0.05) is 15.9 Å². The van der Waals surface area contributed by atoms with Crippen LogP contribution in [0.25, 0.3) is 0 Å². The topological polar surface area (TPSA) is 38.0 Å². The molecule has 0 radical (unpaired) electrons. The molecule has 1 unspecified atom stereocenters. The van der Waals surface area contributed by atoms with Gasteiger partial charge in [-0.2, -0.15) is 5.10 Å². The lowest BCUT2D eigenvalue weighted by Crippen LogP contribution is -2.14. The number of aliphatic hydroxyl groups excluding tert-OH is 1. The summed E-state index contributed by atoms with van der Waals surface area (Å²) >= 11 is 3.28. The summed E-state index contributed by atoms with van der Waals surface area (Å²) in [6, 6.07) is 1.90. The van der Waals surface area contributed by atoms with Gasteiger partial charge in [-0.15, -0.1) is 0 Å². The number of aromatic nitrogens is 2. The Morgan fingerprint density at radius 2 is 2.50 bits per heavy atom. The molecule has 10 heavy (non-hydrogen) atoms. The van der Waals surface area contributed by atoms with Crippen molar-refractivity contribution in [2.45, 2.75) is 6.04 Å². The van der Waals surface area contributed by atoms with E-state index in [1.807, 2.05) is 12.3 Å². The third-order valence-electron chi connectivity index (χ3n) is 1.29. The van der Waals surface area contributed by atoms with E-state index in [1.54, 1.807) is 10.9 Å². The van der Waals surface area contributed by atoms with Crippen molar-refractivity contribution in [3.8, 4) is 0 Å². The van der Waals surface area contributed by atoms with E-state index in [1.165, 1.54) is 0 Å². The first kappa shape index (κ1) is 7.75. The third kappa shape index (κ3) is 1.58. The van der Waals surface area contributed by atoms with E-state index in [9.17, 15) is 0 Å². The molecule has 1 heterocycles. The Hall–Kier alpha value is -0.350. The molecule has 1 aromatic rings. The predicted octanol–water partition coefficient (Wildman–Crippen LogP) is 0.811. The molecular weight excluding hydrogens is 196 g/mol. The van der Waals surface area contributed by atoms with Crippen molar-refractivity contribution < 1.29 is 5.11 Å². The van der Waals surface area contributed by atoms with Crippen molar-refractivity contribution in [1.82, 2.24) is 9.78 Å². The van der Waals surface area contributed by atoms with Crippen molar-refractivity contribution in [2.24, 2.45) is 0 Å². The highest BCUT2D eigenvalue weighted by molar-refractivity contribution is 9.09. The molecule has 0 aliphatic heterocycles. The summed E-state index contributed by atoms with van der Waals surface area (Å²) in [5.74, 6) is 0. The number of nitrogens with zero attached hydrogens (tertiary/aromatic N) is 2. The normalized spacial score (nSPS) is 13.4. The second kappa shape index (κ2) is 3.73. The summed E-state index contributed by atoms with van der Waals surface area (Å²) in [7, 11) is 0. The molecule has 1 aromatic heterocycles. The van der Waals surface area contributed by atoms with Crippen molar-refractivity contribution in [2.75, 3.05) is 11.9 Å². The van der Waals surface area contributed by atoms with Gasteiger partial charge < -0.3 is 5.11 Å². The molecule has 0 fully saturated rings. The molecule has 3 nitrogen and oxygen atoms in total. The number of alkyl halides is 1. The predicted molar refractivity (Wildman–Crippen MR) is 42.1 cm³/mol. The summed E-state index contributed by atoms with van der Waals surface area (Å²) in [5, 5.41) is 13.5. The first-order valence-electron chi connectivity index (χ1n) is 3.04. The smallest absolute Gasteiger partial charge is 0.0846 e. The SMILES string of the molecule is OCC(CBr)n1cccn1. The van der Waals surface area contributed by atoms with E-state index >= 15 is 0 Å². The Bertz CT molecular complexity index is 172. The standard InChI is InChI=1S/C6H9BrN2O/c7-4-6(5-10)9-3-1-2-8-9/h1-3,6,10H,4-5H2. The van der Waals surface area contributed by atoms with Crippen molar-refractivity contribution >= 4 is 15.9 Å². The molecule has 1 N–H and O–H groups in total. The summed E-state index contributed by atoms with van der Waals surface area (Å²) in [6.07, 6.45) is 3.54. The van der Waals surface area contributed by atoms with Gasteiger partial charge in [-0.3, -0.25) is 4.68 Å². The molecule has 1 atom stereocenters. The van der Waals surface area contributed by atoms with Crippen LogP contribution in [0.4, 0.5) is 0 Å². The summed E-state index contributed by atoms with van der Waals surface area (Å²) in [6.45, 7) is 0.118. The summed E-state index contributed by atoms with van der Waals surface area (Å²) < 4.78 is 1.73. The minimum atomic E-state index is 0.0648. The first-order chi connectivity index (χ1) is 4.88. The van der Waals surface area contributed by atoms with Crippen LogP contribution in [0.5, 0.6) is 0 Å². The van der Waals surface area contributed by atoms with Crippen LogP contribution in [0.15, 0.2) is 18.5 Å². The first-order valence-corrected chi connectivity index (χ1v) is 4.16. The lowest BCUT2D eigenvalue weighted by molar-refractivity contribution is 0.233. The maximum Gasteiger partial charge on any atom is 0.0846 e. The van der Waals surface area contributed by atoms with Crippen LogP contribution in [-0.4, -0.2) is 26.8 Å². The minimum absolute atomic E-state index is 0.0648. The average Bonchev–Trinajstić information content (AvgIpc) is 2.43. The average molecular weight is 205 g/mol. The van der Waals surface area contributed by atoms with Gasteiger partial charge in [0.2, 0.25) is 0 Å². The van der Waals surface area contributed by atoms with E-state index in [4.69, 9.17) is 5.11 Å². The number of hydrogen-bond donors (Lipinski definition) is 1. The fourth-order valence-corrected chi connectivity index (χ4v) is 1.20. The van der Waals surface area contributed by atoms with E-state index in [0.29, 0.717) is 0 Å². The zero-order valence-corrected chi connectivity index (χ0v) is 7.03. The number of hydrogen-bond acceptors (Lipinski definition) is 2. The molecule has 0 bridgehead atoms. The van der Waals surface area contributed by atoms with Gasteiger partial charge in [-0.05, 0) is 6.07 Å². The molecule has 0 aromatic carbocycles. The molecule has 0 amide bonds. The van der Waals surface area contributed by atoms with Gasteiger partial charge in [-0.25, -0.2) is 0 Å². The number of halogens is 1. The molecule has 1 rings (SSSR count). The fourth-order valence-electron chi connectivity index (χ4n) is 0.700. The van der Waals surface area contributed by atoms with Gasteiger partial charge in [0.25, 0.3) is 0 Å². The Kier molecular flexibility index (Phi) is 2.89. The lowest BCUT2D eigenvalue weighted by Gasteiger charge is -2.09. The van der Waals surface area contributed by atoms with Crippen LogP contribution in [0.3, 0.4) is 0 Å². The van der Waals surface area contributed by atoms with E-state index in [-0.39, 0.29) is 12.6 Å². The zero-order chi connectivity index (χ0) is 7.40. The van der Waals surface area contributed by atoms with E-state index in [2.05, 4.69) is 21.0 Å². The maximum atomic E-state index is 8.81. The quantitative estimate of drug-likeness (QED) is 0.741. The van der Waals surface area contributed by atoms with Crippen LogP contribution in [0, 0.1) is 0 Å². The van der Waals surface area contributed by atoms with Crippen molar-refractivity contribution in [3.05, 3.63) is 18.5 Å². The molecule has 0 aliphatic rings. The molecule has 0 saturated carbocycles. The minimum Gasteiger partial charge on any atom is -0.394 e. The summed E-state index contributed by atoms with van der Waals surface area (Å²) in [4.78, 5) is 0. The van der Waals surface area contributed by atoms with Crippen LogP contribution >= 0.6 is 15.9 Å². The van der Waals surface area contributed by atoms with E-state index < -0.39 is 0 Å².